The third-order valence-corrected chi connectivity index (χ3v) is 6.97. The van der Waals surface area contributed by atoms with Gasteiger partial charge in [0.15, 0.2) is 5.11 Å². The van der Waals surface area contributed by atoms with Gasteiger partial charge in [0.25, 0.3) is 0 Å². The fraction of sp³-hybridized carbons (Fsp3) is 0.333. The molecule has 2 aliphatic heterocycles. The summed E-state index contributed by atoms with van der Waals surface area (Å²) < 4.78 is 8.82. The van der Waals surface area contributed by atoms with E-state index in [2.05, 4.69) is 83.2 Å². The number of rotatable bonds is 6. The number of nitrogens with one attached hydrogen (secondary N) is 1. The molecule has 3 aromatic rings. The Balaban J connectivity index is 1.50. The summed E-state index contributed by atoms with van der Waals surface area (Å²) in [6.45, 7) is 5.34. The molecule has 1 N–H and O–H groups in total. The summed E-state index contributed by atoms with van der Waals surface area (Å²) in [5.74, 6) is 0. The van der Waals surface area contributed by atoms with Crippen molar-refractivity contribution >= 4 is 33.3 Å². The van der Waals surface area contributed by atoms with Crippen LogP contribution >= 0.6 is 28.1 Å². The van der Waals surface area contributed by atoms with Crippen molar-refractivity contribution in [1.82, 2.24) is 24.7 Å². The van der Waals surface area contributed by atoms with Gasteiger partial charge in [0.1, 0.15) is 0 Å². The zero-order chi connectivity index (χ0) is 21.9. The van der Waals surface area contributed by atoms with Gasteiger partial charge in [-0.2, -0.15) is 0 Å². The monoisotopic (exact) mass is 511 g/mol. The largest absolute Gasteiger partial charge is 0.379 e. The van der Waals surface area contributed by atoms with Crippen LogP contribution in [0.4, 0.5) is 0 Å². The summed E-state index contributed by atoms with van der Waals surface area (Å²) >= 11 is 9.46. The zero-order valence-corrected chi connectivity index (χ0v) is 20.1. The molecule has 6 nitrogen and oxygen atoms in total. The van der Waals surface area contributed by atoms with Crippen molar-refractivity contribution in [1.29, 1.82) is 0 Å². The molecular formula is C24H26BrN5OS. The quantitative estimate of drug-likeness (QED) is 0.505. The van der Waals surface area contributed by atoms with Crippen LogP contribution in [0.3, 0.4) is 0 Å². The molecule has 0 aliphatic carbocycles. The Morgan fingerprint density at radius 3 is 2.72 bits per heavy atom. The van der Waals surface area contributed by atoms with Gasteiger partial charge in [-0.25, -0.2) is 0 Å². The third kappa shape index (κ3) is 4.45. The Morgan fingerprint density at radius 1 is 1.06 bits per heavy atom. The maximum absolute atomic E-state index is 5.84. The first-order valence-corrected chi connectivity index (χ1v) is 12.1. The van der Waals surface area contributed by atoms with Gasteiger partial charge in [-0.05, 0) is 54.7 Å². The van der Waals surface area contributed by atoms with Crippen molar-refractivity contribution in [2.45, 2.75) is 12.1 Å². The predicted molar refractivity (Wildman–Crippen MR) is 133 cm³/mol. The van der Waals surface area contributed by atoms with Gasteiger partial charge >= 0.3 is 0 Å². The van der Waals surface area contributed by atoms with E-state index in [0.29, 0.717) is 0 Å². The molecule has 2 aliphatic rings. The number of hydrogen-bond donors (Lipinski definition) is 1. The van der Waals surface area contributed by atoms with E-state index in [1.807, 2.05) is 24.4 Å². The highest BCUT2D eigenvalue weighted by atomic mass is 79.9. The van der Waals surface area contributed by atoms with Crippen LogP contribution in [0.5, 0.6) is 0 Å². The van der Waals surface area contributed by atoms with Gasteiger partial charge in [0, 0.05) is 54.4 Å². The molecule has 0 unspecified atom stereocenters. The lowest BCUT2D eigenvalue weighted by molar-refractivity contribution is 0.0349. The van der Waals surface area contributed by atoms with E-state index in [0.717, 1.165) is 60.4 Å². The molecule has 4 heterocycles. The highest BCUT2D eigenvalue weighted by molar-refractivity contribution is 9.10. The van der Waals surface area contributed by atoms with E-state index in [1.54, 1.807) is 0 Å². The number of hydrogen-bond acceptors (Lipinski definition) is 4. The van der Waals surface area contributed by atoms with Crippen molar-refractivity contribution in [3.05, 3.63) is 82.9 Å². The van der Waals surface area contributed by atoms with E-state index >= 15 is 0 Å². The smallest absolute Gasteiger partial charge is 0.170 e. The molecule has 2 fully saturated rings. The fourth-order valence-corrected chi connectivity index (χ4v) is 5.26. The molecule has 5 rings (SSSR count). The minimum Gasteiger partial charge on any atom is -0.379 e. The van der Waals surface area contributed by atoms with Gasteiger partial charge in [0.2, 0.25) is 0 Å². The molecule has 166 valence electrons. The molecule has 0 spiro atoms. The topological polar surface area (TPSA) is 45.6 Å². The molecule has 1 aromatic carbocycles. The second-order valence-electron chi connectivity index (χ2n) is 8.06. The number of halogens is 1. The lowest BCUT2D eigenvalue weighted by Crippen LogP contribution is -2.42. The first-order valence-electron chi connectivity index (χ1n) is 10.9. The van der Waals surface area contributed by atoms with Crippen molar-refractivity contribution in [3.8, 4) is 5.69 Å². The highest BCUT2D eigenvalue weighted by Gasteiger charge is 2.41. The molecule has 0 amide bonds. The normalized spacial score (nSPS) is 21.7. The number of pyridine rings is 1. The second kappa shape index (κ2) is 9.70. The molecule has 2 atom stereocenters. The molecule has 32 heavy (non-hydrogen) atoms. The van der Waals surface area contributed by atoms with Gasteiger partial charge in [0.05, 0.1) is 31.0 Å². The molecule has 8 heteroatoms. The first kappa shape index (κ1) is 21.6. The maximum atomic E-state index is 5.84. The van der Waals surface area contributed by atoms with E-state index < -0.39 is 0 Å². The number of ether oxygens (including phenoxy) is 1. The van der Waals surface area contributed by atoms with Crippen LogP contribution in [0.2, 0.25) is 0 Å². The first-order chi connectivity index (χ1) is 15.7. The number of morpholine rings is 1. The predicted octanol–water partition coefficient (Wildman–Crippen LogP) is 3.94. The van der Waals surface area contributed by atoms with Gasteiger partial charge in [-0.15, -0.1) is 0 Å². The lowest BCUT2D eigenvalue weighted by atomic mass is 10.0. The lowest BCUT2D eigenvalue weighted by Gasteiger charge is -2.32. The minimum atomic E-state index is -0.0193. The summed E-state index contributed by atoms with van der Waals surface area (Å²) in [5, 5.41) is 4.34. The van der Waals surface area contributed by atoms with E-state index in [1.165, 1.54) is 5.69 Å². The Morgan fingerprint density at radius 2 is 1.94 bits per heavy atom. The van der Waals surface area contributed by atoms with Gasteiger partial charge < -0.3 is 19.5 Å². The standard InChI is InChI=1S/C24H26BrN5OS/c25-18-5-3-6-19(17-18)29-10-4-8-21(29)23-22(20-7-1-2-9-26-20)27-24(32)30(23)12-11-28-13-15-31-16-14-28/h1-10,17,22-23H,11-16H2,(H,27,32)/t22-,23-/m0/s1. The molecule has 0 radical (unpaired) electrons. The molecule has 2 aromatic heterocycles. The van der Waals surface area contributed by atoms with Crippen molar-refractivity contribution in [2.24, 2.45) is 0 Å². The van der Waals surface area contributed by atoms with Crippen LogP contribution in [0, 0.1) is 0 Å². The van der Waals surface area contributed by atoms with Crippen LogP contribution in [-0.4, -0.2) is 63.9 Å². The summed E-state index contributed by atoms with van der Waals surface area (Å²) in [6, 6.07) is 18.7. The fourth-order valence-electron chi connectivity index (χ4n) is 4.54. The summed E-state index contributed by atoms with van der Waals surface area (Å²) in [4.78, 5) is 9.44. The Labute approximate surface area is 202 Å². The average molecular weight is 512 g/mol. The summed E-state index contributed by atoms with van der Waals surface area (Å²) in [5.41, 5.74) is 3.30. The summed E-state index contributed by atoms with van der Waals surface area (Å²) in [6.07, 6.45) is 3.97. The van der Waals surface area contributed by atoms with Crippen LogP contribution < -0.4 is 5.32 Å². The van der Waals surface area contributed by atoms with Crippen LogP contribution in [0.25, 0.3) is 5.69 Å². The van der Waals surface area contributed by atoms with Gasteiger partial charge in [-0.1, -0.05) is 28.1 Å². The second-order valence-corrected chi connectivity index (χ2v) is 9.36. The number of benzene rings is 1. The SMILES string of the molecule is S=C1N[C@@H](c2ccccn2)[C@H](c2cccn2-c2cccc(Br)c2)N1CCN1CCOCC1. The summed E-state index contributed by atoms with van der Waals surface area (Å²) in [7, 11) is 0. The minimum absolute atomic E-state index is 0.0193. The number of nitrogens with zero attached hydrogens (tertiary/aromatic N) is 4. The van der Waals surface area contributed by atoms with Crippen molar-refractivity contribution in [3.63, 3.8) is 0 Å². The molecule has 0 saturated carbocycles. The Hall–Kier alpha value is -2.26. The third-order valence-electron chi connectivity index (χ3n) is 6.13. The average Bonchev–Trinajstić information content (AvgIpc) is 3.43. The molecule has 2 saturated heterocycles. The number of aromatic nitrogens is 2. The van der Waals surface area contributed by atoms with E-state index in [-0.39, 0.29) is 12.1 Å². The van der Waals surface area contributed by atoms with Crippen LogP contribution in [0.15, 0.2) is 71.5 Å². The number of thiocarbonyl (C=S) groups is 1. The Kier molecular flexibility index (Phi) is 6.54. The van der Waals surface area contributed by atoms with Crippen molar-refractivity contribution in [2.75, 3.05) is 39.4 Å². The zero-order valence-electron chi connectivity index (χ0n) is 17.7. The van der Waals surface area contributed by atoms with Crippen LogP contribution in [0.1, 0.15) is 23.5 Å². The van der Waals surface area contributed by atoms with Gasteiger partial charge in [-0.3, -0.25) is 9.88 Å². The highest BCUT2D eigenvalue weighted by Crippen LogP contribution is 2.39. The van der Waals surface area contributed by atoms with E-state index in [4.69, 9.17) is 17.0 Å². The van der Waals surface area contributed by atoms with Crippen molar-refractivity contribution < 1.29 is 4.74 Å². The molecular weight excluding hydrogens is 486 g/mol. The Bertz CT molecular complexity index is 1070. The molecule has 0 bridgehead atoms. The van der Waals surface area contributed by atoms with Crippen LogP contribution in [-0.2, 0) is 4.74 Å². The maximum Gasteiger partial charge on any atom is 0.170 e. The van der Waals surface area contributed by atoms with E-state index in [9.17, 15) is 0 Å².